The topological polar surface area (TPSA) is 20.2 Å². The van der Waals surface area contributed by atoms with Gasteiger partial charge < -0.3 is 5.11 Å². The molecule has 0 saturated heterocycles. The van der Waals surface area contributed by atoms with Crippen molar-refractivity contribution in [2.75, 3.05) is 0 Å². The molecule has 0 heterocycles. The molecule has 2 heteroatoms. The third-order valence-corrected chi connectivity index (χ3v) is 4.29. The Morgan fingerprint density at radius 3 is 2.59 bits per heavy atom. The molecule has 1 aliphatic carbocycles. The van der Waals surface area contributed by atoms with E-state index in [0.717, 1.165) is 23.8 Å². The summed E-state index contributed by atoms with van der Waals surface area (Å²) in [5, 5.41) is 10.9. The monoisotopic (exact) mass is 252 g/mol. The van der Waals surface area contributed by atoms with Gasteiger partial charge in [0, 0.05) is 5.02 Å². The van der Waals surface area contributed by atoms with Crippen molar-refractivity contribution < 1.29 is 5.11 Å². The Morgan fingerprint density at radius 2 is 1.94 bits per heavy atom. The molecule has 1 aliphatic rings. The second-order valence-electron chi connectivity index (χ2n) is 5.25. The van der Waals surface area contributed by atoms with Crippen LogP contribution in [0.5, 0.6) is 0 Å². The molecule has 1 saturated carbocycles. The third kappa shape index (κ3) is 3.46. The predicted octanol–water partition coefficient (Wildman–Crippen LogP) is 4.07. The zero-order chi connectivity index (χ0) is 12.3. The van der Waals surface area contributed by atoms with Crippen LogP contribution in [0, 0.1) is 11.8 Å². The lowest BCUT2D eigenvalue weighted by molar-refractivity contribution is 0.0475. The second-order valence-corrected chi connectivity index (χ2v) is 5.68. The van der Waals surface area contributed by atoms with Gasteiger partial charge in [-0.15, -0.1) is 0 Å². The Bertz CT molecular complexity index is 346. The van der Waals surface area contributed by atoms with Crippen LogP contribution in [0.1, 0.15) is 38.2 Å². The lowest BCUT2D eigenvalue weighted by atomic mass is 9.76. The molecule has 17 heavy (non-hydrogen) atoms. The van der Waals surface area contributed by atoms with E-state index in [2.05, 4.69) is 19.1 Å². The third-order valence-electron chi connectivity index (χ3n) is 4.04. The molecule has 94 valence electrons. The van der Waals surface area contributed by atoms with Crippen LogP contribution in [0.2, 0.25) is 5.02 Å². The van der Waals surface area contributed by atoms with Gasteiger partial charge in [0.2, 0.25) is 0 Å². The summed E-state index contributed by atoms with van der Waals surface area (Å²) in [6.07, 6.45) is 5.43. The molecule has 1 aromatic carbocycles. The van der Waals surface area contributed by atoms with Crippen molar-refractivity contribution in [2.45, 2.75) is 45.1 Å². The Balaban J connectivity index is 1.98. The predicted molar refractivity (Wildman–Crippen MR) is 72.3 cm³/mol. The Morgan fingerprint density at radius 1 is 1.24 bits per heavy atom. The maximum atomic E-state index is 10.1. The minimum absolute atomic E-state index is 0.117. The Kier molecular flexibility index (Phi) is 4.47. The fourth-order valence-corrected chi connectivity index (χ4v) is 2.98. The van der Waals surface area contributed by atoms with Gasteiger partial charge in [-0.3, -0.25) is 0 Å². The van der Waals surface area contributed by atoms with E-state index in [1.807, 2.05) is 12.1 Å². The number of aliphatic hydroxyl groups is 1. The fraction of sp³-hybridized carbons (Fsp3) is 0.600. The van der Waals surface area contributed by atoms with E-state index in [1.54, 1.807) is 0 Å². The minimum atomic E-state index is -0.117. The van der Waals surface area contributed by atoms with E-state index in [0.29, 0.717) is 5.92 Å². The van der Waals surface area contributed by atoms with Gasteiger partial charge in [0.05, 0.1) is 6.10 Å². The van der Waals surface area contributed by atoms with E-state index < -0.39 is 0 Å². The van der Waals surface area contributed by atoms with Crippen LogP contribution in [0.15, 0.2) is 24.3 Å². The summed E-state index contributed by atoms with van der Waals surface area (Å²) in [6.45, 7) is 2.25. The molecule has 0 spiro atoms. The summed E-state index contributed by atoms with van der Waals surface area (Å²) < 4.78 is 0. The Labute approximate surface area is 109 Å². The van der Waals surface area contributed by atoms with Crippen molar-refractivity contribution in [1.82, 2.24) is 0 Å². The molecule has 3 unspecified atom stereocenters. The number of hydrogen-bond donors (Lipinski definition) is 1. The highest BCUT2D eigenvalue weighted by molar-refractivity contribution is 6.30. The molecule has 0 radical (unpaired) electrons. The SMILES string of the molecule is CCC1CCC(O)C(Cc2ccc(Cl)cc2)C1. The largest absolute Gasteiger partial charge is 0.393 e. The minimum Gasteiger partial charge on any atom is -0.393 e. The maximum absolute atomic E-state index is 10.1. The molecular weight excluding hydrogens is 232 g/mol. The van der Waals surface area contributed by atoms with Crippen molar-refractivity contribution in [3.05, 3.63) is 34.9 Å². The van der Waals surface area contributed by atoms with Gasteiger partial charge in [0.15, 0.2) is 0 Å². The van der Waals surface area contributed by atoms with Crippen LogP contribution in [-0.2, 0) is 6.42 Å². The molecule has 1 N–H and O–H groups in total. The first-order valence-corrected chi connectivity index (χ1v) is 6.99. The molecule has 0 aliphatic heterocycles. The molecule has 2 rings (SSSR count). The smallest absolute Gasteiger partial charge is 0.0571 e. The van der Waals surface area contributed by atoms with Crippen molar-refractivity contribution in [3.63, 3.8) is 0 Å². The van der Waals surface area contributed by atoms with Gasteiger partial charge in [-0.25, -0.2) is 0 Å². The summed E-state index contributed by atoms with van der Waals surface area (Å²) in [7, 11) is 0. The lowest BCUT2D eigenvalue weighted by Gasteiger charge is -2.33. The van der Waals surface area contributed by atoms with Gasteiger partial charge >= 0.3 is 0 Å². The number of aliphatic hydroxyl groups excluding tert-OH is 1. The van der Waals surface area contributed by atoms with E-state index in [-0.39, 0.29) is 6.10 Å². The summed E-state index contributed by atoms with van der Waals surface area (Å²) >= 11 is 5.88. The van der Waals surface area contributed by atoms with Crippen LogP contribution in [-0.4, -0.2) is 11.2 Å². The zero-order valence-corrected chi connectivity index (χ0v) is 11.2. The van der Waals surface area contributed by atoms with Gasteiger partial charge in [-0.05, 0) is 55.2 Å². The van der Waals surface area contributed by atoms with Crippen LogP contribution < -0.4 is 0 Å². The highest BCUT2D eigenvalue weighted by atomic mass is 35.5. The summed E-state index contributed by atoms with van der Waals surface area (Å²) in [4.78, 5) is 0. The van der Waals surface area contributed by atoms with Crippen LogP contribution in [0.4, 0.5) is 0 Å². The van der Waals surface area contributed by atoms with E-state index >= 15 is 0 Å². The molecule has 0 aromatic heterocycles. The van der Waals surface area contributed by atoms with Crippen molar-refractivity contribution >= 4 is 11.6 Å². The van der Waals surface area contributed by atoms with E-state index in [4.69, 9.17) is 11.6 Å². The molecule has 0 amide bonds. The first-order chi connectivity index (χ1) is 8.19. The van der Waals surface area contributed by atoms with Crippen LogP contribution in [0.3, 0.4) is 0 Å². The molecule has 1 nitrogen and oxygen atoms in total. The number of benzene rings is 1. The molecule has 3 atom stereocenters. The molecule has 1 fully saturated rings. The van der Waals surface area contributed by atoms with Crippen LogP contribution >= 0.6 is 11.6 Å². The standard InChI is InChI=1S/C15H21ClO/c1-2-11-5-8-15(17)13(9-11)10-12-3-6-14(16)7-4-12/h3-4,6-7,11,13,15,17H,2,5,8-10H2,1H3. The highest BCUT2D eigenvalue weighted by Gasteiger charge is 2.28. The normalized spacial score (nSPS) is 29.2. The maximum Gasteiger partial charge on any atom is 0.0571 e. The van der Waals surface area contributed by atoms with Crippen molar-refractivity contribution in [2.24, 2.45) is 11.8 Å². The number of halogens is 1. The van der Waals surface area contributed by atoms with Crippen molar-refractivity contribution in [1.29, 1.82) is 0 Å². The Hall–Kier alpha value is -0.530. The summed E-state index contributed by atoms with van der Waals surface area (Å²) in [5.74, 6) is 1.23. The van der Waals surface area contributed by atoms with Crippen molar-refractivity contribution in [3.8, 4) is 0 Å². The number of hydrogen-bond acceptors (Lipinski definition) is 1. The average Bonchev–Trinajstić information content (AvgIpc) is 2.35. The molecule has 1 aromatic rings. The van der Waals surface area contributed by atoms with Gasteiger partial charge in [-0.2, -0.15) is 0 Å². The lowest BCUT2D eigenvalue weighted by Crippen LogP contribution is -2.30. The summed E-state index contributed by atoms with van der Waals surface area (Å²) in [6, 6.07) is 8.02. The van der Waals surface area contributed by atoms with Crippen LogP contribution in [0.25, 0.3) is 0 Å². The van der Waals surface area contributed by atoms with E-state index in [9.17, 15) is 5.11 Å². The molecular formula is C15H21ClO. The molecule has 0 bridgehead atoms. The first-order valence-electron chi connectivity index (χ1n) is 6.61. The quantitative estimate of drug-likeness (QED) is 0.860. The first kappa shape index (κ1) is 12.9. The van der Waals surface area contributed by atoms with Gasteiger partial charge in [0.25, 0.3) is 0 Å². The van der Waals surface area contributed by atoms with Gasteiger partial charge in [-0.1, -0.05) is 37.1 Å². The average molecular weight is 253 g/mol. The van der Waals surface area contributed by atoms with Gasteiger partial charge in [0.1, 0.15) is 0 Å². The fourth-order valence-electron chi connectivity index (χ4n) is 2.86. The highest BCUT2D eigenvalue weighted by Crippen LogP contribution is 2.33. The zero-order valence-electron chi connectivity index (χ0n) is 10.4. The number of rotatable bonds is 3. The second kappa shape index (κ2) is 5.88. The van der Waals surface area contributed by atoms with E-state index in [1.165, 1.54) is 24.8 Å². The summed E-state index contributed by atoms with van der Waals surface area (Å²) in [5.41, 5.74) is 1.29.